The molecule has 0 atom stereocenters. The number of carbonyl (C=O) groups excluding carboxylic acids is 2. The van der Waals surface area contributed by atoms with Crippen LogP contribution in [0.1, 0.15) is 6.92 Å². The van der Waals surface area contributed by atoms with Crippen molar-refractivity contribution in [3.8, 4) is 0 Å². The van der Waals surface area contributed by atoms with Gasteiger partial charge in [0, 0.05) is 26.2 Å². The number of alkyl halides is 4. The monoisotopic (exact) mass is 286 g/mol. The summed E-state index contributed by atoms with van der Waals surface area (Å²) < 4.78 is 54.5. The van der Waals surface area contributed by atoms with Crippen LogP contribution in [0.3, 0.4) is 0 Å². The Labute approximate surface area is 107 Å². The van der Waals surface area contributed by atoms with E-state index < -0.39 is 24.3 Å². The van der Waals surface area contributed by atoms with Crippen molar-refractivity contribution in [2.75, 3.05) is 32.8 Å². The zero-order chi connectivity index (χ0) is 14.6. The van der Waals surface area contributed by atoms with Crippen molar-refractivity contribution in [2.24, 2.45) is 0 Å². The van der Waals surface area contributed by atoms with Crippen LogP contribution in [0.4, 0.5) is 22.4 Å². The number of halogens is 4. The summed E-state index contributed by atoms with van der Waals surface area (Å²) in [5, 5.41) is 0. The molecule has 1 aliphatic rings. The van der Waals surface area contributed by atoms with Crippen LogP contribution < -0.4 is 0 Å². The van der Waals surface area contributed by atoms with Gasteiger partial charge >= 0.3 is 18.4 Å². The number of piperazine rings is 1. The number of amides is 2. The molecule has 0 spiro atoms. The molecule has 19 heavy (non-hydrogen) atoms. The second kappa shape index (κ2) is 6.07. The van der Waals surface area contributed by atoms with E-state index in [2.05, 4.69) is 0 Å². The van der Waals surface area contributed by atoms with Crippen molar-refractivity contribution in [1.29, 1.82) is 0 Å². The Kier molecular flexibility index (Phi) is 4.96. The molecule has 1 aliphatic heterocycles. The molecule has 0 aromatic heterocycles. The smallest absolute Gasteiger partial charge is 0.409 e. The van der Waals surface area contributed by atoms with Gasteiger partial charge in [-0.05, 0) is 6.92 Å². The first kappa shape index (κ1) is 15.5. The van der Waals surface area contributed by atoms with Crippen LogP contribution in [0.25, 0.3) is 0 Å². The number of carbonyl (C=O) groups is 2. The van der Waals surface area contributed by atoms with Crippen molar-refractivity contribution in [3.05, 3.63) is 0 Å². The highest BCUT2D eigenvalue weighted by atomic mass is 19.3. The maximum atomic E-state index is 12.9. The van der Waals surface area contributed by atoms with Gasteiger partial charge in [0.15, 0.2) is 0 Å². The molecular formula is C10H14F4N2O3. The summed E-state index contributed by atoms with van der Waals surface area (Å²) in [4.78, 5) is 24.4. The summed E-state index contributed by atoms with van der Waals surface area (Å²) in [6, 6.07) is 0. The topological polar surface area (TPSA) is 49.9 Å². The second-order valence-electron chi connectivity index (χ2n) is 3.90. The van der Waals surface area contributed by atoms with Gasteiger partial charge in [-0.3, -0.25) is 4.79 Å². The van der Waals surface area contributed by atoms with E-state index in [1.54, 1.807) is 6.92 Å². The normalized spacial score (nSPS) is 16.7. The van der Waals surface area contributed by atoms with Gasteiger partial charge in [0.05, 0.1) is 6.61 Å². The van der Waals surface area contributed by atoms with Gasteiger partial charge in [0.1, 0.15) is 0 Å². The predicted octanol–water partition coefficient (Wildman–Crippen LogP) is 1.19. The molecule has 1 heterocycles. The first-order valence-corrected chi connectivity index (χ1v) is 5.67. The molecule has 1 saturated heterocycles. The Morgan fingerprint density at radius 2 is 1.63 bits per heavy atom. The van der Waals surface area contributed by atoms with Crippen LogP contribution in [0.15, 0.2) is 0 Å². The van der Waals surface area contributed by atoms with E-state index in [1.807, 2.05) is 0 Å². The fourth-order valence-corrected chi connectivity index (χ4v) is 1.61. The molecule has 0 saturated carbocycles. The molecule has 0 radical (unpaired) electrons. The van der Waals surface area contributed by atoms with Crippen LogP contribution in [0, 0.1) is 0 Å². The van der Waals surface area contributed by atoms with Crippen LogP contribution in [0.5, 0.6) is 0 Å². The minimum Gasteiger partial charge on any atom is -0.450 e. The lowest BCUT2D eigenvalue weighted by Crippen LogP contribution is -2.56. The maximum Gasteiger partial charge on any atom is 0.409 e. The highest BCUT2D eigenvalue weighted by Crippen LogP contribution is 2.25. The van der Waals surface area contributed by atoms with Gasteiger partial charge in [0.25, 0.3) is 5.91 Å². The largest absolute Gasteiger partial charge is 0.450 e. The van der Waals surface area contributed by atoms with Crippen molar-refractivity contribution in [2.45, 2.75) is 19.3 Å². The maximum absolute atomic E-state index is 12.9. The lowest BCUT2D eigenvalue weighted by molar-refractivity contribution is -0.181. The third-order valence-electron chi connectivity index (χ3n) is 2.65. The first-order chi connectivity index (χ1) is 8.80. The first-order valence-electron chi connectivity index (χ1n) is 5.67. The molecule has 1 rings (SSSR count). The quantitative estimate of drug-likeness (QED) is 0.732. The number of ether oxygens (including phenoxy) is 1. The SMILES string of the molecule is CCOC(=O)N1CCN(C(=O)C(F)(F)C(F)F)CC1. The molecule has 2 amide bonds. The van der Waals surface area contributed by atoms with Gasteiger partial charge in [-0.1, -0.05) is 0 Å². The Morgan fingerprint density at radius 1 is 1.16 bits per heavy atom. The predicted molar refractivity (Wildman–Crippen MR) is 56.1 cm³/mol. The molecule has 0 aromatic rings. The number of hydrogen-bond acceptors (Lipinski definition) is 3. The minimum atomic E-state index is -4.69. The molecular weight excluding hydrogens is 272 g/mol. The molecule has 0 aliphatic carbocycles. The molecule has 5 nitrogen and oxygen atoms in total. The van der Waals surface area contributed by atoms with E-state index >= 15 is 0 Å². The number of rotatable bonds is 3. The second-order valence-corrected chi connectivity index (χ2v) is 3.90. The van der Waals surface area contributed by atoms with E-state index in [0.717, 1.165) is 0 Å². The number of nitrogens with zero attached hydrogens (tertiary/aromatic N) is 2. The molecule has 0 unspecified atom stereocenters. The molecule has 110 valence electrons. The Morgan fingerprint density at radius 3 is 2.05 bits per heavy atom. The van der Waals surface area contributed by atoms with Gasteiger partial charge in [0.2, 0.25) is 0 Å². The highest BCUT2D eigenvalue weighted by molar-refractivity contribution is 5.84. The fraction of sp³-hybridized carbons (Fsp3) is 0.800. The Bertz CT molecular complexity index is 344. The van der Waals surface area contributed by atoms with E-state index in [0.29, 0.717) is 4.90 Å². The number of hydrogen-bond donors (Lipinski definition) is 0. The van der Waals surface area contributed by atoms with Crippen LogP contribution in [-0.4, -0.2) is 66.9 Å². The molecule has 0 N–H and O–H groups in total. The van der Waals surface area contributed by atoms with E-state index in [4.69, 9.17) is 4.74 Å². The standard InChI is InChI=1S/C10H14F4N2O3/c1-2-19-9(18)16-5-3-15(4-6-16)8(17)10(13,14)7(11)12/h7H,2-6H2,1H3. The molecule has 1 fully saturated rings. The highest BCUT2D eigenvalue weighted by Gasteiger charge is 2.51. The summed E-state index contributed by atoms with van der Waals surface area (Å²) in [7, 11) is 0. The average Bonchev–Trinajstić information content (AvgIpc) is 2.38. The van der Waals surface area contributed by atoms with Gasteiger partial charge < -0.3 is 14.5 Å². The summed E-state index contributed by atoms with van der Waals surface area (Å²) in [6.45, 7) is 1.29. The van der Waals surface area contributed by atoms with Gasteiger partial charge in [-0.15, -0.1) is 0 Å². The van der Waals surface area contributed by atoms with E-state index in [9.17, 15) is 27.2 Å². The van der Waals surface area contributed by atoms with Crippen molar-refractivity contribution in [3.63, 3.8) is 0 Å². The average molecular weight is 286 g/mol. The van der Waals surface area contributed by atoms with E-state index in [1.165, 1.54) is 4.90 Å². The zero-order valence-corrected chi connectivity index (χ0v) is 10.2. The van der Waals surface area contributed by atoms with Crippen molar-refractivity contribution in [1.82, 2.24) is 9.80 Å². The lowest BCUT2D eigenvalue weighted by atomic mass is 10.2. The zero-order valence-electron chi connectivity index (χ0n) is 10.2. The summed E-state index contributed by atoms with van der Waals surface area (Å²) in [5.41, 5.74) is 0. The van der Waals surface area contributed by atoms with Gasteiger partial charge in [-0.25, -0.2) is 13.6 Å². The summed E-state index contributed by atoms with van der Waals surface area (Å²) in [6.07, 6.45) is -4.65. The van der Waals surface area contributed by atoms with Crippen molar-refractivity contribution >= 4 is 12.0 Å². The van der Waals surface area contributed by atoms with Crippen LogP contribution in [0.2, 0.25) is 0 Å². The van der Waals surface area contributed by atoms with E-state index in [-0.39, 0.29) is 32.8 Å². The summed E-state index contributed by atoms with van der Waals surface area (Å²) in [5.74, 6) is -6.60. The molecule has 0 bridgehead atoms. The molecule has 0 aromatic carbocycles. The van der Waals surface area contributed by atoms with Gasteiger partial charge in [-0.2, -0.15) is 8.78 Å². The third kappa shape index (κ3) is 3.48. The van der Waals surface area contributed by atoms with Crippen molar-refractivity contribution < 1.29 is 31.9 Å². The molecule has 9 heteroatoms. The summed E-state index contributed by atoms with van der Waals surface area (Å²) >= 11 is 0. The van der Waals surface area contributed by atoms with Crippen LogP contribution in [-0.2, 0) is 9.53 Å². The lowest BCUT2D eigenvalue weighted by Gasteiger charge is -2.35. The fourth-order valence-electron chi connectivity index (χ4n) is 1.61. The Balaban J connectivity index is 2.55. The minimum absolute atomic E-state index is 0.0239. The third-order valence-corrected chi connectivity index (χ3v) is 2.65. The Hall–Kier alpha value is -1.54. The van der Waals surface area contributed by atoms with Crippen LogP contribution >= 0.6 is 0 Å².